The molecule has 2 atom stereocenters. The van der Waals surface area contributed by atoms with Crippen LogP contribution in [0.5, 0.6) is 0 Å². The predicted molar refractivity (Wildman–Crippen MR) is 53.7 cm³/mol. The van der Waals surface area contributed by atoms with E-state index in [9.17, 15) is 18.0 Å². The fraction of sp³-hybridized carbons (Fsp3) is 0.900. The van der Waals surface area contributed by atoms with E-state index >= 15 is 0 Å². The zero-order valence-corrected chi connectivity index (χ0v) is 9.54. The van der Waals surface area contributed by atoms with Crippen molar-refractivity contribution in [2.75, 3.05) is 19.6 Å². The molecule has 17 heavy (non-hydrogen) atoms. The normalized spacial score (nSPS) is 25.5. The van der Waals surface area contributed by atoms with Gasteiger partial charge in [-0.15, -0.1) is 0 Å². The smallest absolute Gasteiger partial charge is 0.401 e. The third kappa shape index (κ3) is 5.88. The molecule has 1 fully saturated rings. The molecule has 1 N–H and O–H groups in total. The van der Waals surface area contributed by atoms with Gasteiger partial charge in [-0.25, -0.2) is 0 Å². The molecule has 0 aromatic carbocycles. The van der Waals surface area contributed by atoms with E-state index in [2.05, 4.69) is 0 Å². The summed E-state index contributed by atoms with van der Waals surface area (Å²) in [5.74, 6) is -1.26. The van der Waals surface area contributed by atoms with Crippen LogP contribution in [0.4, 0.5) is 13.2 Å². The Kier molecular flexibility index (Phi) is 4.76. The first kappa shape index (κ1) is 14.2. The zero-order valence-electron chi connectivity index (χ0n) is 9.54. The van der Waals surface area contributed by atoms with Gasteiger partial charge in [-0.1, -0.05) is 0 Å². The number of ether oxygens (including phenoxy) is 1. The second kappa shape index (κ2) is 5.68. The number of halogens is 3. The van der Waals surface area contributed by atoms with Gasteiger partial charge in [0.15, 0.2) is 0 Å². The summed E-state index contributed by atoms with van der Waals surface area (Å²) in [5.41, 5.74) is 0. The Morgan fingerprint density at radius 2 is 2.12 bits per heavy atom. The van der Waals surface area contributed by atoms with Gasteiger partial charge in [-0.2, -0.15) is 13.2 Å². The maximum absolute atomic E-state index is 12.2. The van der Waals surface area contributed by atoms with Crippen molar-refractivity contribution in [3.63, 3.8) is 0 Å². The standard InChI is InChI=1S/C10H16F3NO3/c1-7-2-3-8(17-7)4-14(5-9(15)16)6-10(11,12)13/h7-8H,2-6H2,1H3,(H,15,16). The molecule has 1 saturated heterocycles. The van der Waals surface area contributed by atoms with Gasteiger partial charge in [0.1, 0.15) is 0 Å². The number of carbonyl (C=O) groups is 1. The summed E-state index contributed by atoms with van der Waals surface area (Å²) >= 11 is 0. The summed E-state index contributed by atoms with van der Waals surface area (Å²) < 4.78 is 42.1. The van der Waals surface area contributed by atoms with E-state index in [4.69, 9.17) is 9.84 Å². The molecule has 0 spiro atoms. The van der Waals surface area contributed by atoms with Gasteiger partial charge in [0, 0.05) is 6.54 Å². The van der Waals surface area contributed by atoms with Crippen molar-refractivity contribution in [3.8, 4) is 0 Å². The lowest BCUT2D eigenvalue weighted by molar-refractivity contribution is -0.156. The van der Waals surface area contributed by atoms with Gasteiger partial charge in [0.25, 0.3) is 0 Å². The molecule has 0 amide bonds. The van der Waals surface area contributed by atoms with Crippen molar-refractivity contribution in [2.24, 2.45) is 0 Å². The molecule has 0 saturated carbocycles. The van der Waals surface area contributed by atoms with Crippen molar-refractivity contribution >= 4 is 5.97 Å². The molecule has 0 radical (unpaired) electrons. The summed E-state index contributed by atoms with van der Waals surface area (Å²) in [4.78, 5) is 11.3. The van der Waals surface area contributed by atoms with Crippen LogP contribution in [0.25, 0.3) is 0 Å². The van der Waals surface area contributed by atoms with Crippen LogP contribution in [-0.2, 0) is 9.53 Å². The van der Waals surface area contributed by atoms with E-state index in [0.717, 1.165) is 11.3 Å². The van der Waals surface area contributed by atoms with Crippen LogP contribution in [0.2, 0.25) is 0 Å². The summed E-state index contributed by atoms with van der Waals surface area (Å²) in [5, 5.41) is 8.56. The summed E-state index contributed by atoms with van der Waals surface area (Å²) in [6.07, 6.45) is -3.17. The highest BCUT2D eigenvalue weighted by Crippen LogP contribution is 2.22. The third-order valence-corrected chi connectivity index (χ3v) is 2.54. The van der Waals surface area contributed by atoms with Crippen molar-refractivity contribution < 1.29 is 27.8 Å². The van der Waals surface area contributed by atoms with Crippen LogP contribution in [0, 0.1) is 0 Å². The molecule has 1 rings (SSSR count). The lowest BCUT2D eigenvalue weighted by Crippen LogP contribution is -2.42. The Hall–Kier alpha value is -0.820. The average Bonchev–Trinajstić information content (AvgIpc) is 2.46. The number of aliphatic carboxylic acids is 1. The highest BCUT2D eigenvalue weighted by molar-refractivity contribution is 5.69. The Bertz CT molecular complexity index is 270. The lowest BCUT2D eigenvalue weighted by Gasteiger charge is -2.24. The van der Waals surface area contributed by atoms with Crippen LogP contribution in [-0.4, -0.2) is 54.0 Å². The average molecular weight is 255 g/mol. The van der Waals surface area contributed by atoms with Gasteiger partial charge in [-0.05, 0) is 19.8 Å². The number of rotatable bonds is 5. The van der Waals surface area contributed by atoms with Crippen molar-refractivity contribution in [3.05, 3.63) is 0 Å². The molecule has 0 aromatic heterocycles. The third-order valence-electron chi connectivity index (χ3n) is 2.54. The van der Waals surface area contributed by atoms with E-state index in [1.54, 1.807) is 0 Å². The number of carboxylic acid groups (broad SMARTS) is 1. The molecule has 1 aliphatic heterocycles. The first-order valence-electron chi connectivity index (χ1n) is 5.42. The molecular formula is C10H16F3NO3. The lowest BCUT2D eigenvalue weighted by atomic mass is 10.2. The summed E-state index contributed by atoms with van der Waals surface area (Å²) in [7, 11) is 0. The number of alkyl halides is 3. The highest BCUT2D eigenvalue weighted by Gasteiger charge is 2.33. The van der Waals surface area contributed by atoms with Gasteiger partial charge in [0.2, 0.25) is 0 Å². The molecule has 0 aromatic rings. The minimum absolute atomic E-state index is 0.0101. The maximum Gasteiger partial charge on any atom is 0.401 e. The minimum atomic E-state index is -4.39. The fourth-order valence-electron chi connectivity index (χ4n) is 1.94. The quantitative estimate of drug-likeness (QED) is 0.809. The molecule has 7 heteroatoms. The van der Waals surface area contributed by atoms with E-state index in [1.807, 2.05) is 6.92 Å². The van der Waals surface area contributed by atoms with Gasteiger partial charge in [-0.3, -0.25) is 9.69 Å². The van der Waals surface area contributed by atoms with Gasteiger partial charge < -0.3 is 9.84 Å². The van der Waals surface area contributed by atoms with E-state index < -0.39 is 25.2 Å². The van der Waals surface area contributed by atoms with E-state index in [-0.39, 0.29) is 18.8 Å². The predicted octanol–water partition coefficient (Wildman–Crippen LogP) is 1.50. The Balaban J connectivity index is 2.48. The van der Waals surface area contributed by atoms with Crippen LogP contribution < -0.4 is 0 Å². The van der Waals surface area contributed by atoms with Crippen LogP contribution in [0.3, 0.4) is 0 Å². The van der Waals surface area contributed by atoms with Gasteiger partial charge in [0.05, 0.1) is 25.3 Å². The summed E-state index contributed by atoms with van der Waals surface area (Å²) in [6, 6.07) is 0. The monoisotopic (exact) mass is 255 g/mol. The second-order valence-electron chi connectivity index (χ2n) is 4.32. The van der Waals surface area contributed by atoms with Crippen LogP contribution in [0.15, 0.2) is 0 Å². The van der Waals surface area contributed by atoms with Gasteiger partial charge >= 0.3 is 12.1 Å². The van der Waals surface area contributed by atoms with Crippen molar-refractivity contribution in [2.45, 2.75) is 38.1 Å². The molecule has 1 heterocycles. The Morgan fingerprint density at radius 1 is 1.47 bits per heavy atom. The van der Waals surface area contributed by atoms with Crippen LogP contribution in [0.1, 0.15) is 19.8 Å². The van der Waals surface area contributed by atoms with E-state index in [0.29, 0.717) is 6.42 Å². The highest BCUT2D eigenvalue weighted by atomic mass is 19.4. The second-order valence-corrected chi connectivity index (χ2v) is 4.32. The SMILES string of the molecule is CC1CCC(CN(CC(=O)O)CC(F)(F)F)O1. The van der Waals surface area contributed by atoms with Crippen molar-refractivity contribution in [1.29, 1.82) is 0 Å². The molecule has 0 bridgehead atoms. The van der Waals surface area contributed by atoms with Crippen LogP contribution >= 0.6 is 0 Å². The summed E-state index contributed by atoms with van der Waals surface area (Å²) in [6.45, 7) is 0.0305. The number of nitrogens with zero attached hydrogens (tertiary/aromatic N) is 1. The molecule has 100 valence electrons. The molecule has 2 unspecified atom stereocenters. The fourth-order valence-corrected chi connectivity index (χ4v) is 1.94. The Morgan fingerprint density at radius 3 is 2.53 bits per heavy atom. The van der Waals surface area contributed by atoms with Crippen molar-refractivity contribution in [1.82, 2.24) is 4.90 Å². The first-order chi connectivity index (χ1) is 7.76. The number of hydrogen-bond acceptors (Lipinski definition) is 3. The topological polar surface area (TPSA) is 49.8 Å². The Labute approximate surface area is 97.3 Å². The maximum atomic E-state index is 12.2. The van der Waals surface area contributed by atoms with E-state index in [1.165, 1.54) is 0 Å². The number of carboxylic acids is 1. The molecule has 4 nitrogen and oxygen atoms in total. The largest absolute Gasteiger partial charge is 0.480 e. The number of hydrogen-bond donors (Lipinski definition) is 1. The minimum Gasteiger partial charge on any atom is -0.480 e. The first-order valence-corrected chi connectivity index (χ1v) is 5.42. The molecular weight excluding hydrogens is 239 g/mol. The molecule has 1 aliphatic rings. The molecule has 0 aliphatic carbocycles. The zero-order chi connectivity index (χ0) is 13.1.